The highest BCUT2D eigenvalue weighted by molar-refractivity contribution is 9.10. The molecule has 4 rings (SSSR count). The first-order chi connectivity index (χ1) is 14.9. The fourth-order valence-corrected chi connectivity index (χ4v) is 7.06. The van der Waals surface area contributed by atoms with E-state index in [0.29, 0.717) is 6.54 Å². The number of carbonyl (C=O) groups is 2. The van der Waals surface area contributed by atoms with Crippen molar-refractivity contribution in [3.05, 3.63) is 27.7 Å². The molecule has 0 aromatic heterocycles. The number of aliphatic hydroxyl groups excluding tert-OH is 1. The zero-order valence-electron chi connectivity index (χ0n) is 19.3. The van der Waals surface area contributed by atoms with Gasteiger partial charge in [0, 0.05) is 35.5 Å². The standard InChI is InChI=1S/C24H32BrFN2O4/c1-13-9-16-21(17(25)10-13)27(5)22(31)24(16)14(2)20(23(3,4)26)18(32-24)11-19(30)28-8-6-7-15(28)12-29/h9-10,14-15,18,20,29H,6-8,11-12H2,1-5H3/t14-,15-,18+,20-,24+/m0/s1. The van der Waals surface area contributed by atoms with Crippen LogP contribution in [-0.4, -0.2) is 59.8 Å². The molecule has 2 fully saturated rings. The summed E-state index contributed by atoms with van der Waals surface area (Å²) >= 11 is 3.58. The largest absolute Gasteiger partial charge is 0.394 e. The van der Waals surface area contributed by atoms with Crippen molar-refractivity contribution >= 4 is 33.4 Å². The van der Waals surface area contributed by atoms with Gasteiger partial charge in [-0.1, -0.05) is 13.0 Å². The number of aliphatic hydroxyl groups is 1. The number of fused-ring (bicyclic) bond motifs is 2. The number of benzene rings is 1. The number of amides is 2. The highest BCUT2D eigenvalue weighted by atomic mass is 79.9. The summed E-state index contributed by atoms with van der Waals surface area (Å²) in [6.07, 6.45) is 0.834. The number of anilines is 1. The number of aryl methyl sites for hydroxylation is 1. The van der Waals surface area contributed by atoms with E-state index in [1.54, 1.807) is 16.8 Å². The van der Waals surface area contributed by atoms with E-state index in [-0.39, 0.29) is 30.9 Å². The third-order valence-electron chi connectivity index (χ3n) is 7.56. The lowest BCUT2D eigenvalue weighted by molar-refractivity contribution is -0.150. The molecule has 1 aromatic rings. The van der Waals surface area contributed by atoms with Crippen molar-refractivity contribution in [3.8, 4) is 0 Å². The molecule has 32 heavy (non-hydrogen) atoms. The number of likely N-dealkylation sites (N-methyl/N-ethyl adjacent to an activating group) is 1. The van der Waals surface area contributed by atoms with Gasteiger partial charge in [-0.2, -0.15) is 0 Å². The van der Waals surface area contributed by atoms with Crippen LogP contribution in [0.25, 0.3) is 0 Å². The second-order valence-corrected chi connectivity index (χ2v) is 10.9. The van der Waals surface area contributed by atoms with Crippen molar-refractivity contribution in [1.82, 2.24) is 4.90 Å². The average Bonchev–Trinajstić information content (AvgIpc) is 3.33. The summed E-state index contributed by atoms with van der Waals surface area (Å²) in [4.78, 5) is 30.1. The molecule has 8 heteroatoms. The molecule has 0 aliphatic carbocycles. The smallest absolute Gasteiger partial charge is 0.264 e. The molecule has 0 unspecified atom stereocenters. The summed E-state index contributed by atoms with van der Waals surface area (Å²) in [5, 5.41) is 9.62. The minimum Gasteiger partial charge on any atom is -0.394 e. The number of halogens is 2. The molecule has 3 aliphatic rings. The van der Waals surface area contributed by atoms with E-state index < -0.39 is 29.2 Å². The molecule has 3 aliphatic heterocycles. The number of nitrogens with zero attached hydrogens (tertiary/aromatic N) is 2. The van der Waals surface area contributed by atoms with Gasteiger partial charge in [0.2, 0.25) is 5.91 Å². The molecule has 2 saturated heterocycles. The van der Waals surface area contributed by atoms with Crippen LogP contribution in [0.4, 0.5) is 10.1 Å². The number of hydrogen-bond donors (Lipinski definition) is 1. The molecule has 5 atom stereocenters. The number of carbonyl (C=O) groups excluding carboxylic acids is 2. The van der Waals surface area contributed by atoms with Crippen molar-refractivity contribution in [2.75, 3.05) is 25.1 Å². The zero-order valence-corrected chi connectivity index (χ0v) is 20.9. The van der Waals surface area contributed by atoms with Gasteiger partial charge in [0.15, 0.2) is 5.60 Å². The minimum absolute atomic E-state index is 0.0140. The maximum Gasteiger partial charge on any atom is 0.264 e. The first-order valence-corrected chi connectivity index (χ1v) is 12.1. The lowest BCUT2D eigenvalue weighted by Gasteiger charge is -2.32. The Morgan fingerprint density at radius 1 is 1.41 bits per heavy atom. The van der Waals surface area contributed by atoms with Crippen LogP contribution < -0.4 is 4.90 Å². The van der Waals surface area contributed by atoms with Crippen LogP contribution in [0.5, 0.6) is 0 Å². The molecular weight excluding hydrogens is 479 g/mol. The lowest BCUT2D eigenvalue weighted by Crippen LogP contribution is -2.44. The Hall–Kier alpha value is -1.51. The quantitative estimate of drug-likeness (QED) is 0.670. The summed E-state index contributed by atoms with van der Waals surface area (Å²) in [6.45, 7) is 7.30. The fourth-order valence-electron chi connectivity index (χ4n) is 6.22. The summed E-state index contributed by atoms with van der Waals surface area (Å²) in [5.74, 6) is -1.51. The Balaban J connectivity index is 1.75. The van der Waals surface area contributed by atoms with E-state index in [2.05, 4.69) is 15.9 Å². The van der Waals surface area contributed by atoms with Gasteiger partial charge in [0.1, 0.15) is 5.67 Å². The van der Waals surface area contributed by atoms with Gasteiger partial charge < -0.3 is 19.6 Å². The van der Waals surface area contributed by atoms with Crippen LogP contribution in [0.2, 0.25) is 0 Å². The van der Waals surface area contributed by atoms with Crippen LogP contribution in [0.3, 0.4) is 0 Å². The summed E-state index contributed by atoms with van der Waals surface area (Å²) in [6, 6.07) is 3.68. The van der Waals surface area contributed by atoms with E-state index >= 15 is 4.39 Å². The molecular formula is C24H32BrFN2O4. The third-order valence-corrected chi connectivity index (χ3v) is 8.16. The number of likely N-dealkylation sites (tertiary alicyclic amines) is 1. The maximum absolute atomic E-state index is 15.6. The molecule has 0 saturated carbocycles. The number of rotatable bonds is 4. The van der Waals surface area contributed by atoms with Gasteiger partial charge in [-0.25, -0.2) is 4.39 Å². The predicted octanol–water partition coefficient (Wildman–Crippen LogP) is 3.70. The van der Waals surface area contributed by atoms with Gasteiger partial charge in [-0.3, -0.25) is 9.59 Å². The van der Waals surface area contributed by atoms with E-state index in [9.17, 15) is 14.7 Å². The fraction of sp³-hybridized carbons (Fsp3) is 0.667. The van der Waals surface area contributed by atoms with Crippen LogP contribution in [0, 0.1) is 18.8 Å². The molecule has 2 amide bonds. The normalized spacial score (nSPS) is 32.3. The molecule has 3 heterocycles. The second kappa shape index (κ2) is 8.06. The molecule has 1 aromatic carbocycles. The average molecular weight is 511 g/mol. The van der Waals surface area contributed by atoms with Crippen molar-refractivity contribution < 1.29 is 23.8 Å². The van der Waals surface area contributed by atoms with Crippen molar-refractivity contribution in [2.45, 2.75) is 70.4 Å². The summed E-state index contributed by atoms with van der Waals surface area (Å²) in [5.41, 5.74) is -0.568. The van der Waals surface area contributed by atoms with Gasteiger partial charge in [0.05, 0.1) is 30.9 Å². The topological polar surface area (TPSA) is 70.1 Å². The molecule has 1 spiro atoms. The summed E-state index contributed by atoms with van der Waals surface area (Å²) < 4.78 is 22.9. The number of alkyl halides is 1. The number of hydrogen-bond acceptors (Lipinski definition) is 4. The van der Waals surface area contributed by atoms with Crippen LogP contribution in [0.1, 0.15) is 51.2 Å². The van der Waals surface area contributed by atoms with Gasteiger partial charge >= 0.3 is 0 Å². The van der Waals surface area contributed by atoms with Crippen LogP contribution in [-0.2, 0) is 19.9 Å². The Kier molecular flexibility index (Phi) is 5.96. The van der Waals surface area contributed by atoms with Crippen molar-refractivity contribution in [2.24, 2.45) is 11.8 Å². The first-order valence-electron chi connectivity index (χ1n) is 11.3. The van der Waals surface area contributed by atoms with E-state index in [4.69, 9.17) is 4.74 Å². The van der Waals surface area contributed by atoms with Crippen molar-refractivity contribution in [3.63, 3.8) is 0 Å². The number of ether oxygens (including phenoxy) is 1. The monoisotopic (exact) mass is 510 g/mol. The van der Waals surface area contributed by atoms with Crippen LogP contribution in [0.15, 0.2) is 16.6 Å². The second-order valence-electron chi connectivity index (χ2n) is 10.0. The molecule has 0 bridgehead atoms. The van der Waals surface area contributed by atoms with Crippen molar-refractivity contribution in [1.29, 1.82) is 0 Å². The molecule has 6 nitrogen and oxygen atoms in total. The first kappa shape index (κ1) is 23.6. The highest BCUT2D eigenvalue weighted by Crippen LogP contribution is 2.59. The highest BCUT2D eigenvalue weighted by Gasteiger charge is 2.66. The van der Waals surface area contributed by atoms with Crippen LogP contribution >= 0.6 is 15.9 Å². The van der Waals surface area contributed by atoms with E-state index in [1.807, 2.05) is 26.0 Å². The summed E-state index contributed by atoms with van der Waals surface area (Å²) in [7, 11) is 1.70. The zero-order chi connectivity index (χ0) is 23.6. The molecule has 176 valence electrons. The van der Waals surface area contributed by atoms with Gasteiger partial charge in [-0.05, 0) is 61.2 Å². The Morgan fingerprint density at radius 3 is 2.72 bits per heavy atom. The van der Waals surface area contributed by atoms with Gasteiger partial charge in [-0.15, -0.1) is 0 Å². The van der Waals surface area contributed by atoms with Gasteiger partial charge in [0.25, 0.3) is 5.91 Å². The molecule has 0 radical (unpaired) electrons. The Bertz CT molecular complexity index is 949. The van der Waals surface area contributed by atoms with E-state index in [0.717, 1.165) is 34.1 Å². The SMILES string of the molecule is Cc1cc(Br)c2c(c1)[C@@]1(O[C@H](CC(=O)N3CCC[C@H]3CO)[C@@H](C(C)(C)F)[C@@H]1C)C(=O)N2C. The lowest BCUT2D eigenvalue weighted by atomic mass is 9.71. The molecule has 1 N–H and O–H groups in total. The minimum atomic E-state index is -1.65. The predicted molar refractivity (Wildman–Crippen MR) is 123 cm³/mol. The Morgan fingerprint density at radius 2 is 2.09 bits per heavy atom. The maximum atomic E-state index is 15.6. The van der Waals surface area contributed by atoms with E-state index in [1.165, 1.54) is 13.8 Å². The Labute approximate surface area is 197 Å². The third kappa shape index (κ3) is 3.41.